The van der Waals surface area contributed by atoms with Crippen LogP contribution in [0.25, 0.3) is 10.9 Å². The van der Waals surface area contributed by atoms with E-state index >= 15 is 0 Å². The maximum atomic E-state index is 13.1. The molecule has 1 aromatic carbocycles. The van der Waals surface area contributed by atoms with Crippen molar-refractivity contribution in [2.45, 2.75) is 30.8 Å². The number of rotatable bonds is 5. The first kappa shape index (κ1) is 21.0. The molecular formula is C17H17BrF3N3O3S. The number of nitrogens with zero attached hydrogens (tertiary/aromatic N) is 2. The van der Waals surface area contributed by atoms with E-state index in [1.807, 2.05) is 6.07 Å². The standard InChI is InChI=1S/C17H17BrF3N3O3S/c18-11-3-4-15-14(10-11)13(6-7-22-15)16(25)24-9-1-2-12(24)5-8-23-28(26,27)17(19,20)21/h3-4,6-7,10,12,23H,1-2,5,8-9H2/t12-/m0/s1. The molecule has 152 valence electrons. The summed E-state index contributed by atoms with van der Waals surface area (Å²) < 4.78 is 61.8. The topological polar surface area (TPSA) is 79.4 Å². The molecule has 1 atom stereocenters. The highest BCUT2D eigenvalue weighted by Gasteiger charge is 2.45. The summed E-state index contributed by atoms with van der Waals surface area (Å²) in [5.74, 6) is -0.244. The Morgan fingerprint density at radius 1 is 1.32 bits per heavy atom. The average Bonchev–Trinajstić information content (AvgIpc) is 3.08. The lowest BCUT2D eigenvalue weighted by atomic mass is 10.1. The summed E-state index contributed by atoms with van der Waals surface area (Å²) in [5.41, 5.74) is -4.24. The molecule has 0 radical (unpaired) electrons. The van der Waals surface area contributed by atoms with Gasteiger partial charge < -0.3 is 4.90 Å². The summed E-state index contributed by atoms with van der Waals surface area (Å²) in [5, 5.41) is 0.672. The van der Waals surface area contributed by atoms with Crippen molar-refractivity contribution in [1.82, 2.24) is 14.6 Å². The van der Waals surface area contributed by atoms with Gasteiger partial charge in [-0.15, -0.1) is 0 Å². The molecule has 1 N–H and O–H groups in total. The minimum absolute atomic E-state index is 0.105. The minimum Gasteiger partial charge on any atom is -0.336 e. The molecule has 1 saturated heterocycles. The van der Waals surface area contributed by atoms with Gasteiger partial charge in [0.15, 0.2) is 0 Å². The summed E-state index contributed by atoms with van der Waals surface area (Å²) >= 11 is 3.37. The van der Waals surface area contributed by atoms with E-state index in [1.165, 1.54) is 6.20 Å². The molecule has 1 aliphatic rings. The van der Waals surface area contributed by atoms with Crippen molar-refractivity contribution < 1.29 is 26.4 Å². The van der Waals surface area contributed by atoms with Crippen molar-refractivity contribution in [3.8, 4) is 0 Å². The van der Waals surface area contributed by atoms with E-state index in [0.29, 0.717) is 35.9 Å². The Balaban J connectivity index is 1.75. The van der Waals surface area contributed by atoms with Crippen LogP contribution in [0.1, 0.15) is 29.6 Å². The van der Waals surface area contributed by atoms with E-state index < -0.39 is 15.5 Å². The molecule has 1 aromatic heterocycles. The number of halogens is 4. The number of alkyl halides is 3. The fourth-order valence-electron chi connectivity index (χ4n) is 3.30. The number of pyridine rings is 1. The molecule has 0 spiro atoms. The third kappa shape index (κ3) is 4.31. The first-order valence-corrected chi connectivity index (χ1v) is 10.8. The lowest BCUT2D eigenvalue weighted by Gasteiger charge is -2.25. The molecule has 1 fully saturated rings. The van der Waals surface area contributed by atoms with E-state index in [9.17, 15) is 26.4 Å². The number of fused-ring (bicyclic) bond motifs is 1. The molecule has 2 aromatic rings. The molecule has 11 heteroatoms. The van der Waals surface area contributed by atoms with E-state index in [-0.39, 0.29) is 24.9 Å². The number of likely N-dealkylation sites (tertiary alicyclic amines) is 1. The van der Waals surface area contributed by atoms with Gasteiger partial charge in [0.2, 0.25) is 0 Å². The van der Waals surface area contributed by atoms with Crippen LogP contribution in [0.5, 0.6) is 0 Å². The van der Waals surface area contributed by atoms with Crippen molar-refractivity contribution in [1.29, 1.82) is 0 Å². The maximum Gasteiger partial charge on any atom is 0.511 e. The number of carbonyl (C=O) groups is 1. The van der Waals surface area contributed by atoms with Gasteiger partial charge in [0, 0.05) is 35.2 Å². The Hall–Kier alpha value is -1.72. The van der Waals surface area contributed by atoms with Gasteiger partial charge in [-0.1, -0.05) is 15.9 Å². The Morgan fingerprint density at radius 3 is 2.79 bits per heavy atom. The van der Waals surface area contributed by atoms with Crippen LogP contribution < -0.4 is 4.72 Å². The predicted molar refractivity (Wildman–Crippen MR) is 101 cm³/mol. The summed E-state index contributed by atoms with van der Waals surface area (Å²) in [4.78, 5) is 18.9. The van der Waals surface area contributed by atoms with Crippen LogP contribution in [-0.4, -0.2) is 48.8 Å². The molecule has 2 heterocycles. The largest absolute Gasteiger partial charge is 0.511 e. The van der Waals surface area contributed by atoms with Gasteiger partial charge in [-0.3, -0.25) is 9.78 Å². The highest BCUT2D eigenvalue weighted by atomic mass is 79.9. The Labute approximate surface area is 168 Å². The molecule has 1 amide bonds. The van der Waals surface area contributed by atoms with Gasteiger partial charge in [0.1, 0.15) is 0 Å². The van der Waals surface area contributed by atoms with Crippen LogP contribution in [-0.2, 0) is 10.0 Å². The molecule has 6 nitrogen and oxygen atoms in total. The molecule has 0 bridgehead atoms. The maximum absolute atomic E-state index is 13.1. The highest BCUT2D eigenvalue weighted by molar-refractivity contribution is 9.10. The van der Waals surface area contributed by atoms with Crippen LogP contribution in [0.2, 0.25) is 0 Å². The second-order valence-corrected chi connectivity index (χ2v) is 9.12. The number of nitrogens with one attached hydrogen (secondary N) is 1. The van der Waals surface area contributed by atoms with Gasteiger partial charge in [0.25, 0.3) is 5.91 Å². The fraction of sp³-hybridized carbons (Fsp3) is 0.412. The average molecular weight is 480 g/mol. The second-order valence-electron chi connectivity index (χ2n) is 6.45. The number of benzene rings is 1. The quantitative estimate of drug-likeness (QED) is 0.712. The molecular weight excluding hydrogens is 463 g/mol. The molecule has 28 heavy (non-hydrogen) atoms. The van der Waals surface area contributed by atoms with Gasteiger partial charge in [-0.05, 0) is 43.5 Å². The summed E-state index contributed by atoms with van der Waals surface area (Å²) in [6, 6.07) is 6.66. The molecule has 0 saturated carbocycles. The minimum atomic E-state index is -5.38. The lowest BCUT2D eigenvalue weighted by Crippen LogP contribution is -2.41. The van der Waals surface area contributed by atoms with Crippen LogP contribution in [0.3, 0.4) is 0 Å². The van der Waals surface area contributed by atoms with Crippen molar-refractivity contribution in [3.63, 3.8) is 0 Å². The van der Waals surface area contributed by atoms with Crippen LogP contribution >= 0.6 is 15.9 Å². The van der Waals surface area contributed by atoms with E-state index in [4.69, 9.17) is 0 Å². The Morgan fingerprint density at radius 2 is 2.07 bits per heavy atom. The first-order chi connectivity index (χ1) is 13.1. The van der Waals surface area contributed by atoms with Gasteiger partial charge in [0.05, 0.1) is 11.1 Å². The zero-order chi connectivity index (χ0) is 20.5. The van der Waals surface area contributed by atoms with E-state index in [2.05, 4.69) is 20.9 Å². The normalized spacial score (nSPS) is 18.0. The number of hydrogen-bond acceptors (Lipinski definition) is 4. The Bertz CT molecular complexity index is 998. The SMILES string of the molecule is O=C(c1ccnc2ccc(Br)cc12)N1CCC[C@H]1CCNS(=O)(=O)C(F)(F)F. The van der Waals surface area contributed by atoms with Gasteiger partial charge in [-0.25, -0.2) is 13.1 Å². The highest BCUT2D eigenvalue weighted by Crippen LogP contribution is 2.27. The number of sulfonamides is 1. The number of amides is 1. The van der Waals surface area contributed by atoms with Crippen LogP contribution in [0.4, 0.5) is 13.2 Å². The molecule has 0 aliphatic carbocycles. The fourth-order valence-corrected chi connectivity index (χ4v) is 4.22. The Kier molecular flexibility index (Phi) is 5.97. The van der Waals surface area contributed by atoms with Crippen molar-refractivity contribution >= 4 is 42.8 Å². The number of aromatic nitrogens is 1. The number of hydrogen-bond donors (Lipinski definition) is 1. The summed E-state index contributed by atoms with van der Waals surface area (Å²) in [6.45, 7) is 0.0757. The third-order valence-corrected chi connectivity index (χ3v) is 6.33. The molecule has 3 rings (SSSR count). The van der Waals surface area contributed by atoms with Crippen molar-refractivity contribution in [3.05, 3.63) is 40.5 Å². The van der Waals surface area contributed by atoms with Gasteiger partial charge in [-0.2, -0.15) is 13.2 Å². The van der Waals surface area contributed by atoms with E-state index in [0.717, 1.165) is 4.47 Å². The van der Waals surface area contributed by atoms with Crippen molar-refractivity contribution in [2.24, 2.45) is 0 Å². The first-order valence-electron chi connectivity index (χ1n) is 8.51. The zero-order valence-electron chi connectivity index (χ0n) is 14.5. The summed E-state index contributed by atoms with van der Waals surface area (Å²) in [7, 11) is -5.38. The van der Waals surface area contributed by atoms with Gasteiger partial charge >= 0.3 is 15.5 Å². The third-order valence-electron chi connectivity index (χ3n) is 4.65. The summed E-state index contributed by atoms with van der Waals surface area (Å²) in [6.07, 6.45) is 2.95. The number of carbonyl (C=O) groups excluding carboxylic acids is 1. The smallest absolute Gasteiger partial charge is 0.336 e. The zero-order valence-corrected chi connectivity index (χ0v) is 16.9. The molecule has 1 aliphatic heterocycles. The predicted octanol–water partition coefficient (Wildman–Crippen LogP) is 3.43. The van der Waals surface area contributed by atoms with Crippen LogP contribution in [0, 0.1) is 0 Å². The van der Waals surface area contributed by atoms with Crippen molar-refractivity contribution in [2.75, 3.05) is 13.1 Å². The molecule has 0 unspecified atom stereocenters. The van der Waals surface area contributed by atoms with Crippen LogP contribution in [0.15, 0.2) is 34.9 Å². The monoisotopic (exact) mass is 479 g/mol. The second kappa shape index (κ2) is 7.96. The lowest BCUT2D eigenvalue weighted by molar-refractivity contribution is -0.0448. The van der Waals surface area contributed by atoms with E-state index in [1.54, 1.807) is 27.8 Å².